The van der Waals surface area contributed by atoms with Gasteiger partial charge in [0.25, 0.3) is 0 Å². The standard InChI is InChI=1S/C15H16BrN5O4S/c16-8-4-26-3-7(8)1-15(12(24)11(23)9(2-22)25-15)21-6-20-10-13(17)18-5-19-14(10)21/h3-6,9,11-12,22-24H,1-2H2,(H2,17,18,19)/t9-,11-,12-,15-/m1/s1. The van der Waals surface area contributed by atoms with Gasteiger partial charge in [0, 0.05) is 16.3 Å². The minimum atomic E-state index is -1.41. The lowest BCUT2D eigenvalue weighted by Gasteiger charge is -2.33. The van der Waals surface area contributed by atoms with Crippen molar-refractivity contribution in [3.05, 3.63) is 33.5 Å². The van der Waals surface area contributed by atoms with Crippen molar-refractivity contribution in [2.45, 2.75) is 30.5 Å². The van der Waals surface area contributed by atoms with Crippen LogP contribution in [0.5, 0.6) is 0 Å². The number of aromatic nitrogens is 4. The van der Waals surface area contributed by atoms with Crippen molar-refractivity contribution in [1.82, 2.24) is 19.5 Å². The van der Waals surface area contributed by atoms with Gasteiger partial charge >= 0.3 is 0 Å². The molecule has 0 radical (unpaired) electrons. The Labute approximate surface area is 160 Å². The number of nitrogen functional groups attached to an aromatic ring is 1. The van der Waals surface area contributed by atoms with Crippen molar-refractivity contribution >= 4 is 44.2 Å². The van der Waals surface area contributed by atoms with E-state index in [-0.39, 0.29) is 12.2 Å². The van der Waals surface area contributed by atoms with Gasteiger partial charge in [0.15, 0.2) is 17.2 Å². The summed E-state index contributed by atoms with van der Waals surface area (Å²) >= 11 is 4.97. The number of aliphatic hydroxyl groups excluding tert-OH is 3. The van der Waals surface area contributed by atoms with Crippen LogP contribution >= 0.6 is 27.3 Å². The monoisotopic (exact) mass is 441 g/mol. The second kappa shape index (κ2) is 6.51. The van der Waals surface area contributed by atoms with E-state index >= 15 is 0 Å². The number of aliphatic hydroxyl groups is 3. The molecule has 0 aromatic carbocycles. The van der Waals surface area contributed by atoms with E-state index in [2.05, 4.69) is 30.9 Å². The van der Waals surface area contributed by atoms with Crippen LogP contribution in [0.4, 0.5) is 5.82 Å². The molecule has 4 atom stereocenters. The average molecular weight is 442 g/mol. The van der Waals surface area contributed by atoms with Gasteiger partial charge in [-0.1, -0.05) is 0 Å². The van der Waals surface area contributed by atoms with Crippen LogP contribution < -0.4 is 5.73 Å². The van der Waals surface area contributed by atoms with Crippen LogP contribution in [0.15, 0.2) is 27.9 Å². The van der Waals surface area contributed by atoms with Gasteiger partial charge in [0.2, 0.25) is 0 Å². The maximum Gasteiger partial charge on any atom is 0.180 e. The normalized spacial score (nSPS) is 28.8. The second-order valence-electron chi connectivity index (χ2n) is 6.09. The zero-order chi connectivity index (χ0) is 18.5. The lowest BCUT2D eigenvalue weighted by molar-refractivity contribution is -0.145. The van der Waals surface area contributed by atoms with E-state index in [1.54, 1.807) is 4.57 Å². The van der Waals surface area contributed by atoms with Crippen molar-refractivity contribution < 1.29 is 20.1 Å². The first-order valence-corrected chi connectivity index (χ1v) is 9.51. The molecule has 1 aliphatic heterocycles. The van der Waals surface area contributed by atoms with Crippen molar-refractivity contribution in [3.63, 3.8) is 0 Å². The summed E-state index contributed by atoms with van der Waals surface area (Å²) in [6, 6.07) is 0. The van der Waals surface area contributed by atoms with Crippen LogP contribution in [0.2, 0.25) is 0 Å². The van der Waals surface area contributed by atoms with Crippen molar-refractivity contribution in [1.29, 1.82) is 0 Å². The summed E-state index contributed by atoms with van der Waals surface area (Å²) < 4.78 is 8.41. The predicted molar refractivity (Wildman–Crippen MR) is 97.4 cm³/mol. The van der Waals surface area contributed by atoms with Crippen LogP contribution in [0.3, 0.4) is 0 Å². The van der Waals surface area contributed by atoms with Crippen LogP contribution in [-0.4, -0.2) is 59.8 Å². The highest BCUT2D eigenvalue weighted by Crippen LogP contribution is 2.41. The molecular formula is C15H16BrN5O4S. The van der Waals surface area contributed by atoms with E-state index < -0.39 is 30.6 Å². The molecule has 4 rings (SSSR count). The molecule has 4 heterocycles. The smallest absolute Gasteiger partial charge is 0.180 e. The number of imidazole rings is 1. The summed E-state index contributed by atoms with van der Waals surface area (Å²) in [5.41, 5.74) is 6.07. The molecule has 1 aliphatic rings. The third-order valence-electron chi connectivity index (χ3n) is 4.60. The number of fused-ring (bicyclic) bond motifs is 1. The number of nitrogens with zero attached hydrogens (tertiary/aromatic N) is 4. The number of hydrogen-bond donors (Lipinski definition) is 4. The van der Waals surface area contributed by atoms with Crippen molar-refractivity contribution in [2.75, 3.05) is 12.3 Å². The largest absolute Gasteiger partial charge is 0.394 e. The highest BCUT2D eigenvalue weighted by atomic mass is 79.9. The Morgan fingerprint density at radius 1 is 1.31 bits per heavy atom. The fourth-order valence-corrected chi connectivity index (χ4v) is 4.73. The first-order valence-electron chi connectivity index (χ1n) is 7.77. The van der Waals surface area contributed by atoms with E-state index in [1.165, 1.54) is 24.0 Å². The highest BCUT2D eigenvalue weighted by molar-refractivity contribution is 9.10. The number of thiophene rings is 1. The number of rotatable bonds is 4. The first-order chi connectivity index (χ1) is 12.5. The van der Waals surface area contributed by atoms with E-state index in [0.717, 1.165) is 10.0 Å². The molecule has 1 fully saturated rings. The van der Waals surface area contributed by atoms with Gasteiger partial charge in [-0.15, -0.1) is 0 Å². The maximum absolute atomic E-state index is 10.9. The fraction of sp³-hybridized carbons (Fsp3) is 0.400. The third-order valence-corrected chi connectivity index (χ3v) is 6.44. The molecule has 1 saturated heterocycles. The molecule has 0 bridgehead atoms. The fourth-order valence-electron chi connectivity index (χ4n) is 3.28. The molecule has 3 aromatic heterocycles. The number of ether oxygens (including phenoxy) is 1. The summed E-state index contributed by atoms with van der Waals surface area (Å²) in [5, 5.41) is 34.6. The van der Waals surface area contributed by atoms with Gasteiger partial charge in [-0.3, -0.25) is 4.57 Å². The van der Waals surface area contributed by atoms with Crippen LogP contribution in [0, 0.1) is 0 Å². The molecular weight excluding hydrogens is 426 g/mol. The Morgan fingerprint density at radius 2 is 2.12 bits per heavy atom. The van der Waals surface area contributed by atoms with E-state index in [4.69, 9.17) is 10.5 Å². The molecule has 0 aliphatic carbocycles. The SMILES string of the molecule is Nc1ncnc2c1ncn2[C@]1(Cc2cscc2Br)O[C@H](CO)[C@@H](O)[C@H]1O. The summed E-state index contributed by atoms with van der Waals surface area (Å²) in [7, 11) is 0. The molecule has 26 heavy (non-hydrogen) atoms. The molecule has 11 heteroatoms. The van der Waals surface area contributed by atoms with Crippen LogP contribution in [-0.2, 0) is 16.9 Å². The lowest BCUT2D eigenvalue weighted by Crippen LogP contribution is -2.47. The van der Waals surface area contributed by atoms with Gasteiger partial charge in [-0.2, -0.15) is 11.3 Å². The Kier molecular flexibility index (Phi) is 4.45. The minimum Gasteiger partial charge on any atom is -0.394 e. The summed E-state index contributed by atoms with van der Waals surface area (Å²) in [4.78, 5) is 12.4. The highest BCUT2D eigenvalue weighted by Gasteiger charge is 2.56. The first kappa shape index (κ1) is 17.8. The summed E-state index contributed by atoms with van der Waals surface area (Å²) in [6.07, 6.45) is -0.564. The van der Waals surface area contributed by atoms with Crippen LogP contribution in [0.1, 0.15) is 5.56 Å². The van der Waals surface area contributed by atoms with Gasteiger partial charge in [-0.05, 0) is 26.9 Å². The zero-order valence-electron chi connectivity index (χ0n) is 13.4. The van der Waals surface area contributed by atoms with Gasteiger partial charge < -0.3 is 25.8 Å². The molecule has 9 nitrogen and oxygen atoms in total. The Hall–Kier alpha value is -1.63. The number of hydrogen-bond acceptors (Lipinski definition) is 9. The number of anilines is 1. The maximum atomic E-state index is 10.9. The molecule has 5 N–H and O–H groups in total. The van der Waals surface area contributed by atoms with Crippen molar-refractivity contribution in [2.24, 2.45) is 0 Å². The second-order valence-corrected chi connectivity index (χ2v) is 7.68. The number of nitrogens with two attached hydrogens (primary N) is 1. The van der Waals surface area contributed by atoms with E-state index in [9.17, 15) is 15.3 Å². The van der Waals surface area contributed by atoms with E-state index in [0.29, 0.717) is 11.2 Å². The molecule has 0 unspecified atom stereocenters. The number of halogens is 1. The molecule has 3 aromatic rings. The Morgan fingerprint density at radius 3 is 2.77 bits per heavy atom. The quantitative estimate of drug-likeness (QED) is 0.451. The molecule has 0 saturated carbocycles. The van der Waals surface area contributed by atoms with Crippen molar-refractivity contribution in [3.8, 4) is 0 Å². The molecule has 0 amide bonds. The minimum absolute atomic E-state index is 0.201. The topological polar surface area (TPSA) is 140 Å². The van der Waals surface area contributed by atoms with Crippen LogP contribution in [0.25, 0.3) is 11.2 Å². The summed E-state index contributed by atoms with van der Waals surface area (Å²) in [6.45, 7) is -0.436. The summed E-state index contributed by atoms with van der Waals surface area (Å²) in [5.74, 6) is 0.201. The lowest BCUT2D eigenvalue weighted by atomic mass is 9.96. The predicted octanol–water partition coefficient (Wildman–Crippen LogP) is 0.241. The average Bonchev–Trinajstić information content (AvgIpc) is 3.30. The van der Waals surface area contributed by atoms with Gasteiger partial charge in [0.1, 0.15) is 30.2 Å². The van der Waals surface area contributed by atoms with Gasteiger partial charge in [0.05, 0.1) is 12.9 Å². The molecule has 0 spiro atoms. The zero-order valence-corrected chi connectivity index (χ0v) is 15.8. The Bertz CT molecular complexity index is 949. The molecule has 138 valence electrons. The Balaban J connectivity index is 1.91. The van der Waals surface area contributed by atoms with E-state index in [1.807, 2.05) is 10.8 Å². The van der Waals surface area contributed by atoms with Gasteiger partial charge in [-0.25, -0.2) is 15.0 Å². The third kappa shape index (κ3) is 2.54.